The average Bonchev–Trinajstić information content (AvgIpc) is 3.14. The number of benzene rings is 2. The van der Waals surface area contributed by atoms with Crippen molar-refractivity contribution in [3.8, 4) is 11.5 Å². The zero-order valence-electron chi connectivity index (χ0n) is 21.0. The van der Waals surface area contributed by atoms with Crippen molar-refractivity contribution in [2.75, 3.05) is 13.7 Å². The molecule has 0 unspecified atom stereocenters. The second-order valence-electron chi connectivity index (χ2n) is 8.52. The van der Waals surface area contributed by atoms with E-state index in [1.165, 1.54) is 15.9 Å². The van der Waals surface area contributed by atoms with Crippen molar-refractivity contribution in [2.45, 2.75) is 39.8 Å². The fourth-order valence-electron chi connectivity index (χ4n) is 4.13. The normalized spacial score (nSPS) is 15.5. The molecule has 4 rings (SSSR count). The highest BCUT2D eigenvalue weighted by Gasteiger charge is 2.34. The molecule has 194 valence electrons. The minimum atomic E-state index is -0.783. The maximum absolute atomic E-state index is 13.9. The zero-order chi connectivity index (χ0) is 26.9. The van der Waals surface area contributed by atoms with Gasteiger partial charge in [-0.05, 0) is 57.5 Å². The summed E-state index contributed by atoms with van der Waals surface area (Å²) in [6.45, 7) is 7.50. The summed E-state index contributed by atoms with van der Waals surface area (Å²) in [6.07, 6.45) is 1.64. The number of fused-ring (bicyclic) bond motifs is 1. The van der Waals surface area contributed by atoms with Gasteiger partial charge in [0.1, 0.15) is 6.04 Å². The van der Waals surface area contributed by atoms with Crippen molar-refractivity contribution in [3.63, 3.8) is 0 Å². The molecule has 0 saturated heterocycles. The summed E-state index contributed by atoms with van der Waals surface area (Å²) < 4.78 is 19.6. The van der Waals surface area contributed by atoms with Gasteiger partial charge in [0, 0.05) is 15.1 Å². The molecule has 1 aliphatic rings. The summed E-state index contributed by atoms with van der Waals surface area (Å²) in [5.41, 5.74) is 1.73. The van der Waals surface area contributed by atoms with Crippen LogP contribution in [0.2, 0.25) is 5.02 Å². The Morgan fingerprint density at radius 3 is 2.68 bits per heavy atom. The molecule has 7 nitrogen and oxygen atoms in total. The summed E-state index contributed by atoms with van der Waals surface area (Å²) in [5.74, 6) is 0.529. The van der Waals surface area contributed by atoms with Gasteiger partial charge in [-0.15, -0.1) is 0 Å². The van der Waals surface area contributed by atoms with E-state index in [0.29, 0.717) is 42.7 Å². The highest BCUT2D eigenvalue weighted by molar-refractivity contribution is 9.10. The molecule has 0 amide bonds. The molecule has 0 bridgehead atoms. The van der Waals surface area contributed by atoms with Gasteiger partial charge in [0.05, 0.1) is 35.6 Å². The van der Waals surface area contributed by atoms with E-state index in [0.717, 1.165) is 4.47 Å². The molecule has 0 saturated carbocycles. The largest absolute Gasteiger partial charge is 0.493 e. The molecule has 10 heteroatoms. The van der Waals surface area contributed by atoms with Crippen LogP contribution in [0.4, 0.5) is 0 Å². The van der Waals surface area contributed by atoms with Crippen LogP contribution in [0.1, 0.15) is 44.9 Å². The number of esters is 1. The van der Waals surface area contributed by atoms with Gasteiger partial charge in [-0.3, -0.25) is 9.36 Å². The molecule has 1 aliphatic heterocycles. The first-order valence-electron chi connectivity index (χ1n) is 11.6. The second kappa shape index (κ2) is 11.2. The lowest BCUT2D eigenvalue weighted by atomic mass is 9.96. The van der Waals surface area contributed by atoms with Crippen molar-refractivity contribution in [1.82, 2.24) is 4.57 Å². The number of carbonyl (C=O) groups excluding carboxylic acids is 1. The van der Waals surface area contributed by atoms with Gasteiger partial charge in [0.2, 0.25) is 0 Å². The lowest BCUT2D eigenvalue weighted by Crippen LogP contribution is -2.40. The van der Waals surface area contributed by atoms with Gasteiger partial charge >= 0.3 is 5.97 Å². The molecule has 0 N–H and O–H groups in total. The first kappa shape index (κ1) is 27.2. The molecule has 0 radical (unpaired) electrons. The lowest BCUT2D eigenvalue weighted by molar-refractivity contribution is -0.139. The van der Waals surface area contributed by atoms with Gasteiger partial charge in [0.15, 0.2) is 16.3 Å². The number of nitrogens with zero attached hydrogens (tertiary/aromatic N) is 2. The van der Waals surface area contributed by atoms with Gasteiger partial charge in [0.25, 0.3) is 5.56 Å². The molecule has 0 fully saturated rings. The minimum absolute atomic E-state index is 0.113. The van der Waals surface area contributed by atoms with Gasteiger partial charge < -0.3 is 14.2 Å². The Bertz CT molecular complexity index is 1570. The van der Waals surface area contributed by atoms with Crippen LogP contribution in [0.15, 0.2) is 61.9 Å². The van der Waals surface area contributed by atoms with Crippen LogP contribution in [0.25, 0.3) is 6.08 Å². The third-order valence-corrected chi connectivity index (χ3v) is 7.41. The standard InChI is InChI=1S/C27H26BrClN2O5S/c1-6-35-26(33)22-15(4)30-27-31(23(22)18-9-7-8-10-19(18)29)25(32)21(37-27)12-16-11-17(28)13-20(34-5)24(16)36-14(2)3/h7-14,23H,6H2,1-5H3/b21-12-/t23-/m0/s1. The van der Waals surface area contributed by atoms with Crippen LogP contribution in [0.3, 0.4) is 0 Å². The molecular weight excluding hydrogens is 580 g/mol. The maximum Gasteiger partial charge on any atom is 0.338 e. The average molecular weight is 606 g/mol. The summed E-state index contributed by atoms with van der Waals surface area (Å²) in [4.78, 5) is 32.0. The van der Waals surface area contributed by atoms with Gasteiger partial charge in [-0.1, -0.05) is 57.1 Å². The topological polar surface area (TPSA) is 79.1 Å². The third kappa shape index (κ3) is 5.39. The molecule has 3 aromatic rings. The fourth-order valence-corrected chi connectivity index (χ4v) is 5.86. The molecule has 2 aromatic carbocycles. The van der Waals surface area contributed by atoms with Crippen molar-refractivity contribution in [3.05, 3.63) is 88.0 Å². The number of allylic oxidation sites excluding steroid dienone is 1. The highest BCUT2D eigenvalue weighted by atomic mass is 79.9. The van der Waals surface area contributed by atoms with Gasteiger partial charge in [-0.25, -0.2) is 9.79 Å². The Balaban J connectivity index is 2.00. The number of carbonyl (C=O) groups is 1. The number of hydrogen-bond donors (Lipinski definition) is 0. The number of halogens is 2. The molecule has 37 heavy (non-hydrogen) atoms. The Labute approximate surface area is 231 Å². The predicted molar refractivity (Wildman–Crippen MR) is 148 cm³/mol. The third-order valence-electron chi connectivity index (χ3n) is 5.63. The van der Waals surface area contributed by atoms with Crippen molar-refractivity contribution in [2.24, 2.45) is 4.99 Å². The van der Waals surface area contributed by atoms with E-state index in [-0.39, 0.29) is 23.8 Å². The van der Waals surface area contributed by atoms with E-state index in [9.17, 15) is 9.59 Å². The van der Waals surface area contributed by atoms with Crippen molar-refractivity contribution in [1.29, 1.82) is 0 Å². The number of aromatic nitrogens is 1. The second-order valence-corrected chi connectivity index (χ2v) is 10.8. The number of ether oxygens (including phenoxy) is 3. The summed E-state index contributed by atoms with van der Waals surface area (Å²) in [7, 11) is 1.57. The Morgan fingerprint density at radius 1 is 1.30 bits per heavy atom. The molecule has 1 atom stereocenters. The fraction of sp³-hybridized carbons (Fsp3) is 0.296. The molecule has 2 heterocycles. The van der Waals surface area contributed by atoms with Crippen LogP contribution in [0.5, 0.6) is 11.5 Å². The van der Waals surface area contributed by atoms with Crippen molar-refractivity contribution >= 4 is 50.9 Å². The summed E-state index contributed by atoms with van der Waals surface area (Å²) in [5, 5.41) is 0.433. The number of rotatable bonds is 7. The first-order valence-corrected chi connectivity index (χ1v) is 13.6. The van der Waals surface area contributed by atoms with Crippen molar-refractivity contribution < 1.29 is 19.0 Å². The molecule has 1 aromatic heterocycles. The molecule has 0 spiro atoms. The smallest absolute Gasteiger partial charge is 0.338 e. The number of thiazole rings is 1. The lowest BCUT2D eigenvalue weighted by Gasteiger charge is -2.25. The van der Waals surface area contributed by atoms with E-state index < -0.39 is 12.0 Å². The van der Waals surface area contributed by atoms with Crippen LogP contribution >= 0.6 is 38.9 Å². The number of hydrogen-bond acceptors (Lipinski definition) is 7. The maximum atomic E-state index is 13.9. The molecular formula is C27H26BrClN2O5S. The van der Waals surface area contributed by atoms with E-state index in [1.807, 2.05) is 32.0 Å². The quantitative estimate of drug-likeness (QED) is 0.354. The molecule has 0 aliphatic carbocycles. The Kier molecular flexibility index (Phi) is 8.26. The van der Waals surface area contributed by atoms with E-state index in [4.69, 9.17) is 25.8 Å². The summed E-state index contributed by atoms with van der Waals surface area (Å²) in [6, 6.07) is 10.0. The highest BCUT2D eigenvalue weighted by Crippen LogP contribution is 2.37. The van der Waals surface area contributed by atoms with E-state index in [1.54, 1.807) is 45.2 Å². The van der Waals surface area contributed by atoms with Crippen LogP contribution < -0.4 is 24.4 Å². The Morgan fingerprint density at radius 2 is 2.03 bits per heavy atom. The summed E-state index contributed by atoms with van der Waals surface area (Å²) >= 11 is 11.3. The van der Waals surface area contributed by atoms with Gasteiger partial charge in [-0.2, -0.15) is 0 Å². The zero-order valence-corrected chi connectivity index (χ0v) is 24.2. The number of methoxy groups -OCH3 is 1. The first-order chi connectivity index (χ1) is 17.7. The monoisotopic (exact) mass is 604 g/mol. The van der Waals surface area contributed by atoms with E-state index >= 15 is 0 Å². The van der Waals surface area contributed by atoms with Crippen LogP contribution in [-0.4, -0.2) is 30.4 Å². The van der Waals surface area contributed by atoms with Crippen LogP contribution in [-0.2, 0) is 9.53 Å². The SMILES string of the molecule is CCOC(=O)C1=C(C)N=c2s/c(=C\c3cc(Br)cc(OC)c3OC(C)C)c(=O)n2[C@H]1c1ccccc1Cl. The van der Waals surface area contributed by atoms with Crippen LogP contribution in [0, 0.1) is 0 Å². The minimum Gasteiger partial charge on any atom is -0.493 e. The van der Waals surface area contributed by atoms with E-state index in [2.05, 4.69) is 20.9 Å². The predicted octanol–water partition coefficient (Wildman–Crippen LogP) is 5.01. The Hall–Kier alpha value is -2.88.